The Balaban J connectivity index is 2.38. The van der Waals surface area contributed by atoms with E-state index in [1.54, 1.807) is 0 Å². The van der Waals surface area contributed by atoms with Crippen LogP contribution in [0.25, 0.3) is 0 Å². The molecule has 0 saturated carbocycles. The van der Waals surface area contributed by atoms with Gasteiger partial charge < -0.3 is 5.32 Å². The highest BCUT2D eigenvalue weighted by Gasteiger charge is 2.30. The number of carbonyl (C=O) groups is 1. The van der Waals surface area contributed by atoms with Crippen molar-refractivity contribution in [3.8, 4) is 0 Å². The molecule has 110 valence electrons. The molecule has 0 atom stereocenters. The summed E-state index contributed by atoms with van der Waals surface area (Å²) in [5.41, 5.74) is 1.68. The summed E-state index contributed by atoms with van der Waals surface area (Å²) in [5, 5.41) is 3.22. The first kappa shape index (κ1) is 15.3. The zero-order chi connectivity index (χ0) is 15.3. The summed E-state index contributed by atoms with van der Waals surface area (Å²) < 4.78 is 0. The van der Waals surface area contributed by atoms with Crippen molar-refractivity contribution in [3.63, 3.8) is 0 Å². The fraction of sp³-hybridized carbons (Fsp3) is 0.316. The van der Waals surface area contributed by atoms with E-state index >= 15 is 0 Å². The Hall–Kier alpha value is -2.09. The topological polar surface area (TPSA) is 29.1 Å². The average Bonchev–Trinajstić information content (AvgIpc) is 2.48. The molecule has 0 aromatic heterocycles. The highest BCUT2D eigenvalue weighted by atomic mass is 16.1. The largest absolute Gasteiger partial charge is 0.343 e. The first-order valence-corrected chi connectivity index (χ1v) is 7.44. The molecule has 0 heterocycles. The van der Waals surface area contributed by atoms with E-state index in [9.17, 15) is 4.79 Å². The summed E-state index contributed by atoms with van der Waals surface area (Å²) in [6.07, 6.45) is 0.537. The molecule has 0 radical (unpaired) electrons. The van der Waals surface area contributed by atoms with Crippen LogP contribution in [0.4, 0.5) is 0 Å². The molecule has 0 spiro atoms. The fourth-order valence-electron chi connectivity index (χ4n) is 2.55. The lowest BCUT2D eigenvalue weighted by Crippen LogP contribution is -2.44. The van der Waals surface area contributed by atoms with Crippen LogP contribution in [-0.4, -0.2) is 5.91 Å². The summed E-state index contributed by atoms with van der Waals surface area (Å²) >= 11 is 0. The normalized spacial score (nSPS) is 11.4. The van der Waals surface area contributed by atoms with Gasteiger partial charge in [0.15, 0.2) is 0 Å². The van der Waals surface area contributed by atoms with Gasteiger partial charge in [-0.25, -0.2) is 0 Å². The van der Waals surface area contributed by atoms with Crippen molar-refractivity contribution in [1.29, 1.82) is 0 Å². The zero-order valence-electron chi connectivity index (χ0n) is 13.0. The van der Waals surface area contributed by atoms with Gasteiger partial charge in [-0.3, -0.25) is 4.79 Å². The molecule has 0 unspecified atom stereocenters. The molecule has 1 N–H and O–H groups in total. The van der Waals surface area contributed by atoms with E-state index < -0.39 is 5.54 Å². The van der Waals surface area contributed by atoms with E-state index in [0.717, 1.165) is 11.1 Å². The first-order chi connectivity index (χ1) is 10.0. The molecule has 0 aliphatic heterocycles. The van der Waals surface area contributed by atoms with Crippen LogP contribution in [-0.2, 0) is 10.3 Å². The molecule has 0 bridgehead atoms. The van der Waals surface area contributed by atoms with Gasteiger partial charge in [-0.1, -0.05) is 74.5 Å². The van der Waals surface area contributed by atoms with Crippen molar-refractivity contribution >= 4 is 5.91 Å². The molecule has 0 aliphatic carbocycles. The lowest BCUT2D eigenvalue weighted by Gasteiger charge is -2.32. The number of carbonyl (C=O) groups excluding carboxylic acids is 1. The third-order valence-corrected chi connectivity index (χ3v) is 3.69. The predicted octanol–water partition coefficient (Wildman–Crippen LogP) is 4.11. The highest BCUT2D eigenvalue weighted by molar-refractivity contribution is 5.78. The van der Waals surface area contributed by atoms with Crippen molar-refractivity contribution in [2.45, 2.75) is 32.7 Å². The van der Waals surface area contributed by atoms with Crippen molar-refractivity contribution in [2.75, 3.05) is 0 Å². The summed E-state index contributed by atoms with van der Waals surface area (Å²) in [6, 6.07) is 20.2. The van der Waals surface area contributed by atoms with Crippen LogP contribution in [0.15, 0.2) is 60.7 Å². The maximum absolute atomic E-state index is 12.3. The lowest BCUT2D eigenvalue weighted by molar-refractivity contribution is -0.123. The second kappa shape index (κ2) is 6.57. The van der Waals surface area contributed by atoms with Crippen LogP contribution in [0, 0.1) is 5.92 Å². The summed E-state index contributed by atoms with van der Waals surface area (Å²) in [6.45, 7) is 6.18. The molecule has 0 aliphatic rings. The Morgan fingerprint density at radius 1 is 0.952 bits per heavy atom. The minimum absolute atomic E-state index is 0.0835. The van der Waals surface area contributed by atoms with Crippen LogP contribution in [0.5, 0.6) is 0 Å². The first-order valence-electron chi connectivity index (χ1n) is 7.44. The lowest BCUT2D eigenvalue weighted by atomic mass is 9.84. The highest BCUT2D eigenvalue weighted by Crippen LogP contribution is 2.29. The van der Waals surface area contributed by atoms with Crippen LogP contribution in [0.1, 0.15) is 38.3 Å². The average molecular weight is 281 g/mol. The minimum atomic E-state index is -0.505. The van der Waals surface area contributed by atoms with Gasteiger partial charge in [-0.15, -0.1) is 0 Å². The van der Waals surface area contributed by atoms with Crippen LogP contribution < -0.4 is 5.32 Å². The number of nitrogens with one attached hydrogen (secondary N) is 1. The standard InChI is InChI=1S/C19H23NO/c1-15(2)14-18(21)20-19(3,16-10-6-4-7-11-16)17-12-8-5-9-13-17/h4-13,15H,14H2,1-3H3,(H,20,21). The Bertz CT molecular complexity index is 536. The van der Waals surface area contributed by atoms with E-state index in [4.69, 9.17) is 0 Å². The van der Waals surface area contributed by atoms with Gasteiger partial charge >= 0.3 is 0 Å². The number of benzene rings is 2. The number of amides is 1. The van der Waals surface area contributed by atoms with Gasteiger partial charge in [0.05, 0.1) is 5.54 Å². The fourth-order valence-corrected chi connectivity index (χ4v) is 2.55. The second-order valence-corrected chi connectivity index (χ2v) is 6.00. The van der Waals surface area contributed by atoms with Gasteiger partial charge in [0.25, 0.3) is 0 Å². The van der Waals surface area contributed by atoms with Gasteiger partial charge in [0.1, 0.15) is 0 Å². The predicted molar refractivity (Wildman–Crippen MR) is 86.9 cm³/mol. The Morgan fingerprint density at radius 2 is 1.38 bits per heavy atom. The summed E-state index contributed by atoms with van der Waals surface area (Å²) in [7, 11) is 0. The van der Waals surface area contributed by atoms with Gasteiger partial charge in [0.2, 0.25) is 5.91 Å². The third kappa shape index (κ3) is 3.72. The SMILES string of the molecule is CC(C)CC(=O)NC(C)(c1ccccc1)c1ccccc1. The molecule has 1 amide bonds. The Kier molecular flexibility index (Phi) is 4.79. The van der Waals surface area contributed by atoms with Gasteiger partial charge in [0, 0.05) is 6.42 Å². The van der Waals surface area contributed by atoms with Crippen LogP contribution in [0.2, 0.25) is 0 Å². The molecule has 21 heavy (non-hydrogen) atoms. The van der Waals surface area contributed by atoms with Gasteiger partial charge in [-0.05, 0) is 24.0 Å². The van der Waals surface area contributed by atoms with E-state index in [1.165, 1.54) is 0 Å². The van der Waals surface area contributed by atoms with E-state index in [-0.39, 0.29) is 5.91 Å². The second-order valence-electron chi connectivity index (χ2n) is 6.00. The molecule has 0 saturated heterocycles. The molecule has 0 fully saturated rings. The van der Waals surface area contributed by atoms with Crippen molar-refractivity contribution < 1.29 is 4.79 Å². The molecule has 2 aromatic carbocycles. The van der Waals surface area contributed by atoms with Crippen LogP contribution >= 0.6 is 0 Å². The smallest absolute Gasteiger partial charge is 0.221 e. The maximum atomic E-state index is 12.3. The number of hydrogen-bond donors (Lipinski definition) is 1. The molecule has 2 aromatic rings. The molecule has 2 rings (SSSR count). The zero-order valence-corrected chi connectivity index (χ0v) is 13.0. The minimum Gasteiger partial charge on any atom is -0.343 e. The molecule has 2 nitrogen and oxygen atoms in total. The maximum Gasteiger partial charge on any atom is 0.221 e. The number of hydrogen-bond acceptors (Lipinski definition) is 1. The molecule has 2 heteroatoms. The monoisotopic (exact) mass is 281 g/mol. The van der Waals surface area contributed by atoms with Crippen molar-refractivity contribution in [1.82, 2.24) is 5.32 Å². The van der Waals surface area contributed by atoms with Crippen molar-refractivity contribution in [3.05, 3.63) is 71.8 Å². The Morgan fingerprint density at radius 3 is 1.76 bits per heavy atom. The molecular weight excluding hydrogens is 258 g/mol. The quantitative estimate of drug-likeness (QED) is 0.878. The molecular formula is C19H23NO. The van der Waals surface area contributed by atoms with Gasteiger partial charge in [-0.2, -0.15) is 0 Å². The summed E-state index contributed by atoms with van der Waals surface area (Å²) in [4.78, 5) is 12.3. The number of rotatable bonds is 5. The third-order valence-electron chi connectivity index (χ3n) is 3.69. The van der Waals surface area contributed by atoms with Crippen molar-refractivity contribution in [2.24, 2.45) is 5.92 Å². The van der Waals surface area contributed by atoms with Crippen LogP contribution in [0.3, 0.4) is 0 Å². The summed E-state index contributed by atoms with van der Waals surface area (Å²) in [5.74, 6) is 0.431. The van der Waals surface area contributed by atoms with E-state index in [0.29, 0.717) is 12.3 Å². The van der Waals surface area contributed by atoms with E-state index in [1.807, 2.05) is 36.4 Å². The van der Waals surface area contributed by atoms with E-state index in [2.05, 4.69) is 50.4 Å². The Labute approximate surface area is 127 Å².